The Bertz CT molecular complexity index is 376. The van der Waals surface area contributed by atoms with Gasteiger partial charge in [-0.2, -0.15) is 0 Å². The molecule has 3 nitrogen and oxygen atoms in total. The molecule has 0 aromatic heterocycles. The number of carbonyl (C=O) groups excluding carboxylic acids is 1. The molecule has 4 saturated carbocycles. The van der Waals surface area contributed by atoms with Gasteiger partial charge < -0.3 is 10.6 Å². The second-order valence-electron chi connectivity index (χ2n) is 8.37. The molecule has 1 heterocycles. The Labute approximate surface area is 122 Å². The van der Waals surface area contributed by atoms with Crippen molar-refractivity contribution in [3.8, 4) is 0 Å². The number of carbonyl (C=O) groups is 1. The van der Waals surface area contributed by atoms with Crippen molar-refractivity contribution < 1.29 is 4.79 Å². The van der Waals surface area contributed by atoms with E-state index in [2.05, 4.69) is 17.6 Å². The molecule has 1 atom stereocenters. The van der Waals surface area contributed by atoms with Crippen molar-refractivity contribution in [2.45, 2.75) is 75.8 Å². The van der Waals surface area contributed by atoms with Crippen LogP contribution in [-0.2, 0) is 4.79 Å². The summed E-state index contributed by atoms with van der Waals surface area (Å²) in [6, 6.07) is 0. The van der Waals surface area contributed by atoms with Gasteiger partial charge in [-0.15, -0.1) is 0 Å². The van der Waals surface area contributed by atoms with E-state index in [9.17, 15) is 4.79 Å². The van der Waals surface area contributed by atoms with E-state index in [1.807, 2.05) is 0 Å². The van der Waals surface area contributed by atoms with Gasteiger partial charge in [0.2, 0.25) is 5.91 Å². The van der Waals surface area contributed by atoms with E-state index in [1.165, 1.54) is 51.4 Å². The summed E-state index contributed by atoms with van der Waals surface area (Å²) in [5.74, 6) is 2.97. The Kier molecular flexibility index (Phi) is 2.93. The summed E-state index contributed by atoms with van der Waals surface area (Å²) < 4.78 is 0. The number of rotatable bonds is 2. The molecule has 1 saturated heterocycles. The number of amides is 1. The van der Waals surface area contributed by atoms with Gasteiger partial charge in [-0.25, -0.2) is 0 Å². The minimum absolute atomic E-state index is 0.161. The van der Waals surface area contributed by atoms with Crippen LogP contribution in [0, 0.1) is 17.8 Å². The lowest BCUT2D eigenvalue weighted by Gasteiger charge is -2.57. The summed E-state index contributed by atoms with van der Waals surface area (Å²) in [4.78, 5) is 12.8. The van der Waals surface area contributed by atoms with Crippen LogP contribution in [0.2, 0.25) is 0 Å². The van der Waals surface area contributed by atoms with Crippen LogP contribution < -0.4 is 10.6 Å². The molecule has 1 aliphatic heterocycles. The molecule has 0 radical (unpaired) electrons. The average molecular weight is 276 g/mol. The lowest BCUT2D eigenvalue weighted by Crippen LogP contribution is -2.66. The van der Waals surface area contributed by atoms with Gasteiger partial charge in [0.15, 0.2) is 0 Å². The Morgan fingerprint density at radius 2 is 1.65 bits per heavy atom. The molecule has 2 N–H and O–H groups in total. The van der Waals surface area contributed by atoms with Gasteiger partial charge in [-0.3, -0.25) is 4.79 Å². The summed E-state index contributed by atoms with van der Waals surface area (Å²) in [5, 5.41) is 7.00. The largest absolute Gasteiger partial charge is 0.349 e. The molecule has 4 aliphatic carbocycles. The quantitative estimate of drug-likeness (QED) is 0.814. The lowest BCUT2D eigenvalue weighted by atomic mass is 9.53. The van der Waals surface area contributed by atoms with Crippen molar-refractivity contribution in [1.29, 1.82) is 0 Å². The van der Waals surface area contributed by atoms with Gasteiger partial charge in [0.25, 0.3) is 0 Å². The molecular weight excluding hydrogens is 248 g/mol. The molecule has 20 heavy (non-hydrogen) atoms. The molecule has 0 spiro atoms. The zero-order valence-corrected chi connectivity index (χ0v) is 12.7. The summed E-state index contributed by atoms with van der Waals surface area (Å²) in [5.41, 5.74) is -0.157. The third-order valence-corrected chi connectivity index (χ3v) is 6.54. The van der Waals surface area contributed by atoms with E-state index < -0.39 is 0 Å². The summed E-state index contributed by atoms with van der Waals surface area (Å²) in [6.45, 7) is 3.09. The van der Waals surface area contributed by atoms with E-state index in [0.29, 0.717) is 0 Å². The summed E-state index contributed by atoms with van der Waals surface area (Å²) in [7, 11) is 0. The molecule has 1 amide bonds. The van der Waals surface area contributed by atoms with Crippen LogP contribution in [0.3, 0.4) is 0 Å². The van der Waals surface area contributed by atoms with Crippen molar-refractivity contribution in [2.24, 2.45) is 17.8 Å². The standard InChI is InChI=1S/C17H28N2O/c1-16(4-2-3-5-18-16)15(20)19-17-9-12-6-13(10-17)8-14(7-12)11-17/h12-14,18H,2-11H2,1H3,(H,19,20). The van der Waals surface area contributed by atoms with E-state index in [0.717, 1.165) is 30.7 Å². The lowest BCUT2D eigenvalue weighted by molar-refractivity contribution is -0.133. The second-order valence-corrected chi connectivity index (χ2v) is 8.37. The Morgan fingerprint density at radius 1 is 1.05 bits per heavy atom. The minimum Gasteiger partial charge on any atom is -0.349 e. The molecule has 5 fully saturated rings. The summed E-state index contributed by atoms with van der Waals surface area (Å²) in [6.07, 6.45) is 11.4. The third-order valence-electron chi connectivity index (χ3n) is 6.54. The maximum absolute atomic E-state index is 12.8. The first-order chi connectivity index (χ1) is 9.57. The molecule has 5 rings (SSSR count). The van der Waals surface area contributed by atoms with Crippen molar-refractivity contribution >= 4 is 5.91 Å². The second kappa shape index (κ2) is 4.46. The molecule has 1 unspecified atom stereocenters. The smallest absolute Gasteiger partial charge is 0.240 e. The first kappa shape index (κ1) is 13.1. The van der Waals surface area contributed by atoms with Gasteiger partial charge in [0.1, 0.15) is 0 Å². The van der Waals surface area contributed by atoms with E-state index in [1.54, 1.807) is 0 Å². The van der Waals surface area contributed by atoms with Crippen LogP contribution in [0.1, 0.15) is 64.7 Å². The van der Waals surface area contributed by atoms with Gasteiger partial charge in [0.05, 0.1) is 5.54 Å². The molecule has 5 aliphatic rings. The highest BCUT2D eigenvalue weighted by atomic mass is 16.2. The monoisotopic (exact) mass is 276 g/mol. The molecule has 0 aromatic rings. The van der Waals surface area contributed by atoms with Crippen LogP contribution in [0.25, 0.3) is 0 Å². The van der Waals surface area contributed by atoms with Gasteiger partial charge in [-0.05, 0) is 89.0 Å². The average Bonchev–Trinajstić information content (AvgIpc) is 2.37. The topological polar surface area (TPSA) is 41.1 Å². The SMILES string of the molecule is CC1(C(=O)NC23CC4CC(CC(C4)C2)C3)CCCCN1. The predicted octanol–water partition coefficient (Wildman–Crippen LogP) is 2.60. The fraction of sp³-hybridized carbons (Fsp3) is 0.941. The number of hydrogen-bond donors (Lipinski definition) is 2. The first-order valence-corrected chi connectivity index (χ1v) is 8.65. The normalized spacial score (nSPS) is 50.1. The highest BCUT2D eigenvalue weighted by Crippen LogP contribution is 2.55. The van der Waals surface area contributed by atoms with E-state index in [-0.39, 0.29) is 17.0 Å². The Balaban J connectivity index is 1.49. The highest BCUT2D eigenvalue weighted by Gasteiger charge is 2.52. The number of hydrogen-bond acceptors (Lipinski definition) is 2. The number of piperidine rings is 1. The summed E-state index contributed by atoms with van der Waals surface area (Å²) >= 11 is 0. The Morgan fingerprint density at radius 3 is 2.15 bits per heavy atom. The van der Waals surface area contributed by atoms with Crippen LogP contribution in [-0.4, -0.2) is 23.5 Å². The van der Waals surface area contributed by atoms with Crippen molar-refractivity contribution in [3.05, 3.63) is 0 Å². The molecule has 112 valence electrons. The van der Waals surface area contributed by atoms with Crippen LogP contribution >= 0.6 is 0 Å². The van der Waals surface area contributed by atoms with Gasteiger partial charge >= 0.3 is 0 Å². The fourth-order valence-electron chi connectivity index (χ4n) is 5.89. The minimum atomic E-state index is -0.318. The molecule has 0 aromatic carbocycles. The van der Waals surface area contributed by atoms with E-state index in [4.69, 9.17) is 0 Å². The third kappa shape index (κ3) is 2.09. The van der Waals surface area contributed by atoms with Gasteiger partial charge in [0, 0.05) is 5.54 Å². The fourth-order valence-corrected chi connectivity index (χ4v) is 5.89. The van der Waals surface area contributed by atoms with Crippen LogP contribution in [0.4, 0.5) is 0 Å². The van der Waals surface area contributed by atoms with Crippen LogP contribution in [0.5, 0.6) is 0 Å². The van der Waals surface area contributed by atoms with Gasteiger partial charge in [-0.1, -0.05) is 0 Å². The predicted molar refractivity (Wildman–Crippen MR) is 79.3 cm³/mol. The van der Waals surface area contributed by atoms with Crippen molar-refractivity contribution in [3.63, 3.8) is 0 Å². The van der Waals surface area contributed by atoms with Crippen molar-refractivity contribution in [1.82, 2.24) is 10.6 Å². The maximum atomic E-state index is 12.8. The Hall–Kier alpha value is -0.570. The molecular formula is C17H28N2O. The maximum Gasteiger partial charge on any atom is 0.240 e. The highest BCUT2D eigenvalue weighted by molar-refractivity contribution is 5.86. The zero-order valence-electron chi connectivity index (χ0n) is 12.7. The van der Waals surface area contributed by atoms with E-state index >= 15 is 0 Å². The van der Waals surface area contributed by atoms with Crippen LogP contribution in [0.15, 0.2) is 0 Å². The number of nitrogens with one attached hydrogen (secondary N) is 2. The zero-order chi connectivity index (χ0) is 13.8. The molecule has 3 heteroatoms. The first-order valence-electron chi connectivity index (χ1n) is 8.65. The molecule has 4 bridgehead atoms. The van der Waals surface area contributed by atoms with Crippen molar-refractivity contribution in [2.75, 3.05) is 6.54 Å².